The highest BCUT2D eigenvalue weighted by Crippen LogP contribution is 2.27. The maximum atomic E-state index is 11.9. The van der Waals surface area contributed by atoms with Crippen LogP contribution in [-0.2, 0) is 10.0 Å². The summed E-state index contributed by atoms with van der Waals surface area (Å²) in [6.45, 7) is 3.39. The number of halogens is 1. The van der Waals surface area contributed by atoms with E-state index in [2.05, 4.69) is 4.72 Å². The minimum absolute atomic E-state index is 0.231. The second kappa shape index (κ2) is 5.39. The first-order chi connectivity index (χ1) is 7.92. The number of nitrogens with one attached hydrogen (secondary N) is 1. The Bertz CT molecular complexity index is 529. The SMILES string of the molecule is CCC(C#N)S(=O)(=O)Nc1c(C)cccc1Cl. The van der Waals surface area contributed by atoms with Gasteiger partial charge in [0.25, 0.3) is 0 Å². The Hall–Kier alpha value is -1.25. The Morgan fingerprint density at radius 3 is 2.65 bits per heavy atom. The highest BCUT2D eigenvalue weighted by Gasteiger charge is 2.24. The molecule has 0 spiro atoms. The first-order valence-corrected chi connectivity index (χ1v) is 7.01. The predicted molar refractivity (Wildman–Crippen MR) is 68.4 cm³/mol. The number of hydrogen-bond donors (Lipinski definition) is 1. The largest absolute Gasteiger partial charge is 0.281 e. The molecule has 4 nitrogen and oxygen atoms in total. The van der Waals surface area contributed by atoms with Crippen LogP contribution in [0.3, 0.4) is 0 Å². The highest BCUT2D eigenvalue weighted by molar-refractivity contribution is 7.93. The van der Waals surface area contributed by atoms with E-state index in [1.54, 1.807) is 38.1 Å². The molecule has 1 unspecified atom stereocenters. The van der Waals surface area contributed by atoms with Crippen LogP contribution in [0.25, 0.3) is 0 Å². The number of aryl methyl sites for hydroxylation is 1. The van der Waals surface area contributed by atoms with Gasteiger partial charge < -0.3 is 0 Å². The number of rotatable bonds is 4. The fraction of sp³-hybridized carbons (Fsp3) is 0.364. The van der Waals surface area contributed by atoms with Crippen molar-refractivity contribution in [2.75, 3.05) is 4.72 Å². The monoisotopic (exact) mass is 272 g/mol. The van der Waals surface area contributed by atoms with Crippen molar-refractivity contribution in [3.8, 4) is 6.07 Å². The van der Waals surface area contributed by atoms with Gasteiger partial charge in [0.1, 0.15) is 0 Å². The Labute approximate surface area is 106 Å². The van der Waals surface area contributed by atoms with Crippen LogP contribution in [0.2, 0.25) is 5.02 Å². The quantitative estimate of drug-likeness (QED) is 0.916. The van der Waals surface area contributed by atoms with E-state index in [0.29, 0.717) is 16.3 Å². The molecule has 0 aliphatic heterocycles. The van der Waals surface area contributed by atoms with E-state index < -0.39 is 15.3 Å². The molecule has 92 valence electrons. The van der Waals surface area contributed by atoms with Gasteiger partial charge in [-0.2, -0.15) is 5.26 Å². The molecule has 0 fully saturated rings. The molecule has 1 N–H and O–H groups in total. The Kier molecular flexibility index (Phi) is 4.38. The first kappa shape index (κ1) is 13.8. The average Bonchev–Trinajstić information content (AvgIpc) is 2.25. The number of sulfonamides is 1. The molecule has 1 aromatic carbocycles. The van der Waals surface area contributed by atoms with E-state index in [-0.39, 0.29) is 6.42 Å². The van der Waals surface area contributed by atoms with Gasteiger partial charge in [0.05, 0.1) is 16.8 Å². The van der Waals surface area contributed by atoms with E-state index in [1.807, 2.05) is 0 Å². The summed E-state index contributed by atoms with van der Waals surface area (Å²) in [4.78, 5) is 0. The van der Waals surface area contributed by atoms with Gasteiger partial charge in [0.15, 0.2) is 5.25 Å². The molecule has 0 aromatic heterocycles. The Morgan fingerprint density at radius 1 is 1.53 bits per heavy atom. The predicted octanol–water partition coefficient (Wildman–Crippen LogP) is 2.69. The molecule has 0 heterocycles. The molecule has 6 heteroatoms. The third-order valence-corrected chi connectivity index (χ3v) is 4.35. The van der Waals surface area contributed by atoms with Crippen LogP contribution in [0.1, 0.15) is 18.9 Å². The Morgan fingerprint density at radius 2 is 2.18 bits per heavy atom. The van der Waals surface area contributed by atoms with E-state index >= 15 is 0 Å². The van der Waals surface area contributed by atoms with Crippen LogP contribution >= 0.6 is 11.6 Å². The summed E-state index contributed by atoms with van der Waals surface area (Å²) in [7, 11) is -3.72. The summed E-state index contributed by atoms with van der Waals surface area (Å²) >= 11 is 5.92. The van der Waals surface area contributed by atoms with Crippen LogP contribution in [-0.4, -0.2) is 13.7 Å². The van der Waals surface area contributed by atoms with E-state index in [0.717, 1.165) is 0 Å². The third kappa shape index (κ3) is 3.11. The number of hydrogen-bond acceptors (Lipinski definition) is 3. The number of nitriles is 1. The normalized spacial score (nSPS) is 12.8. The van der Waals surface area contributed by atoms with Gasteiger partial charge >= 0.3 is 0 Å². The fourth-order valence-electron chi connectivity index (χ4n) is 1.35. The van der Waals surface area contributed by atoms with Crippen molar-refractivity contribution >= 4 is 27.3 Å². The molecule has 1 aromatic rings. The lowest BCUT2D eigenvalue weighted by molar-refractivity contribution is 0.593. The van der Waals surface area contributed by atoms with Crippen LogP contribution < -0.4 is 4.72 Å². The van der Waals surface area contributed by atoms with Crippen molar-refractivity contribution < 1.29 is 8.42 Å². The topological polar surface area (TPSA) is 70.0 Å². The molecule has 0 saturated heterocycles. The van der Waals surface area contributed by atoms with Crippen molar-refractivity contribution in [3.05, 3.63) is 28.8 Å². The second-order valence-electron chi connectivity index (χ2n) is 3.60. The lowest BCUT2D eigenvalue weighted by atomic mass is 10.2. The van der Waals surface area contributed by atoms with Crippen LogP contribution in [0.5, 0.6) is 0 Å². The maximum Gasteiger partial charge on any atom is 0.249 e. The number of para-hydroxylation sites is 1. The minimum atomic E-state index is -3.72. The minimum Gasteiger partial charge on any atom is -0.281 e. The van der Waals surface area contributed by atoms with Crippen LogP contribution in [0.4, 0.5) is 5.69 Å². The van der Waals surface area contributed by atoms with E-state index in [9.17, 15) is 8.42 Å². The standard InChI is InChI=1S/C11H13ClN2O2S/c1-3-9(7-13)17(15,16)14-11-8(2)5-4-6-10(11)12/h4-6,9,14H,3H2,1-2H3. The summed E-state index contributed by atoms with van der Waals surface area (Å²) in [5, 5.41) is 8.03. The fourth-order valence-corrected chi connectivity index (χ4v) is 2.96. The van der Waals surface area contributed by atoms with Crippen LogP contribution in [0.15, 0.2) is 18.2 Å². The molecule has 0 amide bonds. The van der Waals surface area contributed by atoms with Crippen LogP contribution in [0, 0.1) is 18.3 Å². The summed E-state index contributed by atoms with van der Waals surface area (Å²) in [6, 6.07) is 6.83. The molecule has 0 radical (unpaired) electrons. The molecule has 1 atom stereocenters. The van der Waals surface area contributed by atoms with Gasteiger partial charge in [-0.25, -0.2) is 8.42 Å². The van der Waals surface area contributed by atoms with Gasteiger partial charge in [0, 0.05) is 0 Å². The van der Waals surface area contributed by atoms with Crippen molar-refractivity contribution in [3.63, 3.8) is 0 Å². The van der Waals surface area contributed by atoms with Gasteiger partial charge in [-0.3, -0.25) is 4.72 Å². The molecule has 0 bridgehead atoms. The Balaban J connectivity index is 3.12. The lowest BCUT2D eigenvalue weighted by Gasteiger charge is -2.14. The molecule has 0 aliphatic rings. The molecule has 17 heavy (non-hydrogen) atoms. The van der Waals surface area contributed by atoms with Crippen molar-refractivity contribution in [2.45, 2.75) is 25.5 Å². The molecular formula is C11H13ClN2O2S. The first-order valence-electron chi connectivity index (χ1n) is 5.08. The van der Waals surface area contributed by atoms with Crippen molar-refractivity contribution in [2.24, 2.45) is 0 Å². The molecule has 1 rings (SSSR count). The second-order valence-corrected chi connectivity index (χ2v) is 5.88. The number of benzene rings is 1. The zero-order chi connectivity index (χ0) is 13.1. The number of anilines is 1. The summed E-state index contributed by atoms with van der Waals surface area (Å²) in [6.07, 6.45) is 0.231. The molecule has 0 saturated carbocycles. The zero-order valence-corrected chi connectivity index (χ0v) is 11.1. The van der Waals surface area contributed by atoms with E-state index in [4.69, 9.17) is 16.9 Å². The lowest BCUT2D eigenvalue weighted by Crippen LogP contribution is -2.26. The maximum absolute atomic E-state index is 11.9. The van der Waals surface area contributed by atoms with Gasteiger partial charge in [0.2, 0.25) is 10.0 Å². The molecule has 0 aliphatic carbocycles. The van der Waals surface area contributed by atoms with Gasteiger partial charge in [-0.1, -0.05) is 30.7 Å². The van der Waals surface area contributed by atoms with Crippen molar-refractivity contribution in [1.29, 1.82) is 5.26 Å². The third-order valence-electron chi connectivity index (χ3n) is 2.36. The summed E-state index contributed by atoms with van der Waals surface area (Å²) < 4.78 is 26.1. The smallest absolute Gasteiger partial charge is 0.249 e. The molecular weight excluding hydrogens is 260 g/mol. The zero-order valence-electron chi connectivity index (χ0n) is 9.57. The summed E-state index contributed by atoms with van der Waals surface area (Å²) in [5.74, 6) is 0. The highest BCUT2D eigenvalue weighted by atomic mass is 35.5. The van der Waals surface area contributed by atoms with E-state index in [1.165, 1.54) is 0 Å². The average molecular weight is 273 g/mol. The number of nitrogens with zero attached hydrogens (tertiary/aromatic N) is 1. The van der Waals surface area contributed by atoms with Crippen molar-refractivity contribution in [1.82, 2.24) is 0 Å². The van der Waals surface area contributed by atoms with Gasteiger partial charge in [-0.15, -0.1) is 0 Å². The summed E-state index contributed by atoms with van der Waals surface area (Å²) in [5.41, 5.74) is 1.05. The van der Waals surface area contributed by atoms with Gasteiger partial charge in [-0.05, 0) is 25.0 Å².